The molecule has 6 heteroatoms. The Hall–Kier alpha value is -2.63. The molecule has 132 valence electrons. The number of benzene rings is 1. The molecule has 0 radical (unpaired) electrons. The summed E-state index contributed by atoms with van der Waals surface area (Å²) in [7, 11) is 0. The zero-order chi connectivity index (χ0) is 18.0. The topological polar surface area (TPSA) is 76.0 Å². The van der Waals surface area contributed by atoms with Crippen LogP contribution in [0.15, 0.2) is 30.3 Å². The van der Waals surface area contributed by atoms with Gasteiger partial charge in [0.05, 0.1) is 22.8 Å². The van der Waals surface area contributed by atoms with E-state index in [9.17, 15) is 9.59 Å². The number of nitrogens with one attached hydrogen (secondary N) is 2. The van der Waals surface area contributed by atoms with E-state index in [1.807, 2.05) is 48.9 Å². The van der Waals surface area contributed by atoms with Gasteiger partial charge in [0.25, 0.3) is 0 Å². The Balaban J connectivity index is 1.58. The van der Waals surface area contributed by atoms with Crippen LogP contribution in [0.5, 0.6) is 0 Å². The van der Waals surface area contributed by atoms with Gasteiger partial charge in [-0.25, -0.2) is 4.68 Å². The first-order valence-corrected chi connectivity index (χ1v) is 8.66. The summed E-state index contributed by atoms with van der Waals surface area (Å²) < 4.78 is 1.82. The van der Waals surface area contributed by atoms with Gasteiger partial charge >= 0.3 is 0 Å². The monoisotopic (exact) mass is 340 g/mol. The second-order valence-electron chi connectivity index (χ2n) is 6.70. The van der Waals surface area contributed by atoms with Crippen LogP contribution >= 0.6 is 0 Å². The van der Waals surface area contributed by atoms with Crippen molar-refractivity contribution in [2.24, 2.45) is 11.8 Å². The average Bonchev–Trinajstić information content (AvgIpc) is 3.27. The van der Waals surface area contributed by atoms with Crippen molar-refractivity contribution in [1.82, 2.24) is 15.1 Å². The highest BCUT2D eigenvalue weighted by Crippen LogP contribution is 2.37. The van der Waals surface area contributed by atoms with Gasteiger partial charge in [0.2, 0.25) is 11.8 Å². The maximum absolute atomic E-state index is 12.2. The van der Waals surface area contributed by atoms with Crippen LogP contribution in [-0.4, -0.2) is 28.1 Å². The molecule has 2 N–H and O–H groups in total. The molecule has 1 heterocycles. The maximum Gasteiger partial charge on any atom is 0.226 e. The molecule has 1 aliphatic carbocycles. The Labute approximate surface area is 147 Å². The van der Waals surface area contributed by atoms with E-state index in [1.54, 1.807) is 0 Å². The van der Waals surface area contributed by atoms with Crippen molar-refractivity contribution >= 4 is 17.5 Å². The van der Waals surface area contributed by atoms with Crippen molar-refractivity contribution in [2.45, 2.75) is 33.6 Å². The Kier molecular flexibility index (Phi) is 4.88. The lowest BCUT2D eigenvalue weighted by Gasteiger charge is -2.08. The number of aryl methyl sites for hydroxylation is 1. The van der Waals surface area contributed by atoms with Crippen molar-refractivity contribution in [3.8, 4) is 5.69 Å². The van der Waals surface area contributed by atoms with Gasteiger partial charge in [-0.05, 0) is 38.3 Å². The Morgan fingerprint density at radius 3 is 2.56 bits per heavy atom. The largest absolute Gasteiger partial charge is 0.355 e. The first-order valence-electron chi connectivity index (χ1n) is 8.66. The number of amides is 2. The van der Waals surface area contributed by atoms with E-state index in [4.69, 9.17) is 0 Å². The quantitative estimate of drug-likeness (QED) is 0.849. The fourth-order valence-electron chi connectivity index (χ4n) is 2.96. The van der Waals surface area contributed by atoms with E-state index in [-0.39, 0.29) is 24.2 Å². The molecule has 1 fully saturated rings. The molecular weight excluding hydrogens is 316 g/mol. The average molecular weight is 340 g/mol. The Bertz CT molecular complexity index is 782. The third kappa shape index (κ3) is 3.90. The van der Waals surface area contributed by atoms with E-state index < -0.39 is 0 Å². The standard InChI is InChI=1S/C19H24N4O2/c1-12-11-16(12)19(25)20-10-9-17(24)21-18-13(2)22-23(14(18)3)15-7-5-4-6-8-15/h4-8,12,16H,9-11H2,1-3H3,(H,20,25)(H,21,24)/t12-,16+/m1/s1. The summed E-state index contributed by atoms with van der Waals surface area (Å²) in [6, 6.07) is 9.80. The molecule has 1 saturated carbocycles. The number of carbonyl (C=O) groups excluding carboxylic acids is 2. The number of carbonyl (C=O) groups is 2. The third-order valence-electron chi connectivity index (χ3n) is 4.65. The molecule has 1 aromatic carbocycles. The van der Waals surface area contributed by atoms with Crippen molar-refractivity contribution < 1.29 is 9.59 Å². The molecule has 2 atom stereocenters. The lowest BCUT2D eigenvalue weighted by atomic mass is 10.2. The van der Waals surface area contributed by atoms with E-state index >= 15 is 0 Å². The van der Waals surface area contributed by atoms with Gasteiger partial charge in [-0.2, -0.15) is 5.10 Å². The summed E-state index contributed by atoms with van der Waals surface area (Å²) in [5, 5.41) is 10.3. The molecule has 0 spiro atoms. The Morgan fingerprint density at radius 1 is 1.24 bits per heavy atom. The molecule has 6 nitrogen and oxygen atoms in total. The van der Waals surface area contributed by atoms with E-state index in [0.29, 0.717) is 12.5 Å². The molecule has 1 aliphatic rings. The minimum absolute atomic E-state index is 0.0598. The molecule has 1 aromatic heterocycles. The number of hydrogen-bond acceptors (Lipinski definition) is 3. The van der Waals surface area contributed by atoms with E-state index in [2.05, 4.69) is 22.7 Å². The van der Waals surface area contributed by atoms with Crippen molar-refractivity contribution in [1.29, 1.82) is 0 Å². The SMILES string of the molecule is Cc1nn(-c2ccccc2)c(C)c1NC(=O)CCNC(=O)[C@H]1C[C@H]1C. The smallest absolute Gasteiger partial charge is 0.226 e. The molecule has 0 unspecified atom stereocenters. The highest BCUT2D eigenvalue weighted by atomic mass is 16.2. The summed E-state index contributed by atoms with van der Waals surface area (Å²) in [5.41, 5.74) is 3.34. The number of aromatic nitrogens is 2. The zero-order valence-corrected chi connectivity index (χ0v) is 14.9. The predicted octanol–water partition coefficient (Wildman–Crippen LogP) is 2.59. The summed E-state index contributed by atoms with van der Waals surface area (Å²) in [6.07, 6.45) is 1.21. The highest BCUT2D eigenvalue weighted by molar-refractivity contribution is 5.92. The molecule has 2 amide bonds. The van der Waals surface area contributed by atoms with E-state index in [0.717, 1.165) is 29.2 Å². The zero-order valence-electron chi connectivity index (χ0n) is 14.9. The molecule has 0 bridgehead atoms. The van der Waals surface area contributed by atoms with Gasteiger partial charge < -0.3 is 10.6 Å². The predicted molar refractivity (Wildman–Crippen MR) is 96.6 cm³/mol. The second-order valence-corrected chi connectivity index (χ2v) is 6.70. The van der Waals surface area contributed by atoms with Gasteiger partial charge in [0.15, 0.2) is 0 Å². The number of rotatable bonds is 6. The summed E-state index contributed by atoms with van der Waals surface area (Å²) in [6.45, 7) is 6.23. The van der Waals surface area contributed by atoms with Gasteiger partial charge in [-0.3, -0.25) is 9.59 Å². The number of para-hydroxylation sites is 1. The summed E-state index contributed by atoms with van der Waals surface area (Å²) >= 11 is 0. The molecule has 0 aliphatic heterocycles. The first-order chi connectivity index (χ1) is 12.0. The van der Waals surface area contributed by atoms with Crippen LogP contribution in [0.25, 0.3) is 5.69 Å². The van der Waals surface area contributed by atoms with Gasteiger partial charge in [0.1, 0.15) is 0 Å². The third-order valence-corrected chi connectivity index (χ3v) is 4.65. The summed E-state index contributed by atoms with van der Waals surface area (Å²) in [5.74, 6) is 0.548. The minimum Gasteiger partial charge on any atom is -0.355 e. The van der Waals surface area contributed by atoms with Crippen LogP contribution in [0.4, 0.5) is 5.69 Å². The lowest BCUT2D eigenvalue weighted by Crippen LogP contribution is -2.29. The van der Waals surface area contributed by atoms with Gasteiger partial charge in [0, 0.05) is 18.9 Å². The van der Waals surface area contributed by atoms with E-state index in [1.165, 1.54) is 0 Å². The summed E-state index contributed by atoms with van der Waals surface area (Å²) in [4.78, 5) is 24.0. The van der Waals surface area contributed by atoms with Crippen LogP contribution in [0.1, 0.15) is 31.2 Å². The first kappa shape index (κ1) is 17.2. The van der Waals surface area contributed by atoms with Crippen molar-refractivity contribution in [3.05, 3.63) is 41.7 Å². The highest BCUT2D eigenvalue weighted by Gasteiger charge is 2.38. The van der Waals surface area contributed by atoms with Crippen LogP contribution in [0.3, 0.4) is 0 Å². The lowest BCUT2D eigenvalue weighted by molar-refractivity contribution is -0.122. The van der Waals surface area contributed by atoms with Crippen molar-refractivity contribution in [3.63, 3.8) is 0 Å². The van der Waals surface area contributed by atoms with Gasteiger partial charge in [-0.15, -0.1) is 0 Å². The number of hydrogen-bond donors (Lipinski definition) is 2. The van der Waals surface area contributed by atoms with Crippen LogP contribution in [0.2, 0.25) is 0 Å². The second kappa shape index (κ2) is 7.09. The van der Waals surface area contributed by atoms with Crippen LogP contribution in [-0.2, 0) is 9.59 Å². The Morgan fingerprint density at radius 2 is 1.92 bits per heavy atom. The molecule has 25 heavy (non-hydrogen) atoms. The fourth-order valence-corrected chi connectivity index (χ4v) is 2.96. The minimum atomic E-state index is -0.122. The molecule has 2 aromatic rings. The molecule has 0 saturated heterocycles. The normalized spacial score (nSPS) is 18.7. The van der Waals surface area contributed by atoms with Crippen LogP contribution in [0, 0.1) is 25.7 Å². The van der Waals surface area contributed by atoms with Crippen molar-refractivity contribution in [2.75, 3.05) is 11.9 Å². The van der Waals surface area contributed by atoms with Gasteiger partial charge in [-0.1, -0.05) is 25.1 Å². The maximum atomic E-state index is 12.2. The van der Waals surface area contributed by atoms with Crippen LogP contribution < -0.4 is 10.6 Å². The fraction of sp³-hybridized carbons (Fsp3) is 0.421. The number of nitrogens with zero attached hydrogens (tertiary/aromatic N) is 2. The number of anilines is 1. The molecule has 3 rings (SSSR count). The molecular formula is C19H24N4O2.